The van der Waals surface area contributed by atoms with Crippen molar-refractivity contribution in [1.82, 2.24) is 10.2 Å². The molecule has 1 aliphatic rings. The summed E-state index contributed by atoms with van der Waals surface area (Å²) in [4.78, 5) is 2.37. The molecule has 0 amide bonds. The molecule has 0 aromatic heterocycles. The van der Waals surface area contributed by atoms with Crippen molar-refractivity contribution in [2.75, 3.05) is 26.2 Å². The largest absolute Gasteiger partial charge is 0.300 e. The van der Waals surface area contributed by atoms with Gasteiger partial charge in [-0.15, -0.1) is 0 Å². The van der Waals surface area contributed by atoms with Crippen LogP contribution in [0.3, 0.4) is 0 Å². The minimum absolute atomic E-state index is 0.0515. The summed E-state index contributed by atoms with van der Waals surface area (Å²) in [7, 11) is 0. The van der Waals surface area contributed by atoms with Gasteiger partial charge in [-0.05, 0) is 13.0 Å². The maximum Gasteiger partial charge on any atom is 0.108 e. The average Bonchev–Trinajstić information content (AvgIpc) is 2.15. The van der Waals surface area contributed by atoms with Crippen molar-refractivity contribution in [2.45, 2.75) is 25.8 Å². The van der Waals surface area contributed by atoms with Gasteiger partial charge in [0.25, 0.3) is 0 Å². The molecule has 1 saturated heterocycles. The molecule has 1 N–H and O–H groups in total. The highest BCUT2D eigenvalue weighted by Gasteiger charge is 2.17. The number of nitriles is 1. The Hall–Kier alpha value is -0.590. The Kier molecular flexibility index (Phi) is 4.06. The zero-order chi connectivity index (χ0) is 8.81. The molecule has 1 rings (SSSR count). The smallest absolute Gasteiger partial charge is 0.108 e. The van der Waals surface area contributed by atoms with Gasteiger partial charge in [-0.2, -0.15) is 5.26 Å². The molecule has 0 spiro atoms. The molecule has 0 aromatic rings. The van der Waals surface area contributed by atoms with E-state index >= 15 is 0 Å². The zero-order valence-corrected chi connectivity index (χ0v) is 7.71. The Balaban J connectivity index is 2.22. The van der Waals surface area contributed by atoms with E-state index < -0.39 is 0 Å². The van der Waals surface area contributed by atoms with Crippen molar-refractivity contribution in [3.05, 3.63) is 0 Å². The van der Waals surface area contributed by atoms with Gasteiger partial charge in [0.2, 0.25) is 0 Å². The summed E-state index contributed by atoms with van der Waals surface area (Å²) in [6.07, 6.45) is 2.49. The second-order valence-corrected chi connectivity index (χ2v) is 3.29. The lowest BCUT2D eigenvalue weighted by atomic mass is 10.2. The van der Waals surface area contributed by atoms with Crippen LogP contribution in [0.1, 0.15) is 19.8 Å². The number of hydrogen-bond acceptors (Lipinski definition) is 3. The molecule has 1 aliphatic heterocycles. The number of hydrogen-bond donors (Lipinski definition) is 1. The van der Waals surface area contributed by atoms with Crippen LogP contribution < -0.4 is 5.32 Å². The first kappa shape index (κ1) is 9.50. The molecule has 0 aliphatic carbocycles. The summed E-state index contributed by atoms with van der Waals surface area (Å²) in [6.45, 7) is 6.30. The zero-order valence-electron chi connectivity index (χ0n) is 7.71. The molecule has 3 heteroatoms. The van der Waals surface area contributed by atoms with E-state index in [0.717, 1.165) is 26.2 Å². The van der Waals surface area contributed by atoms with Crippen LogP contribution in [0.5, 0.6) is 0 Å². The van der Waals surface area contributed by atoms with Crippen molar-refractivity contribution in [1.29, 1.82) is 5.26 Å². The van der Waals surface area contributed by atoms with E-state index in [1.165, 1.54) is 12.8 Å². The first-order valence-corrected chi connectivity index (χ1v) is 4.72. The van der Waals surface area contributed by atoms with Gasteiger partial charge in [0.05, 0.1) is 6.07 Å². The maximum atomic E-state index is 8.70. The van der Waals surface area contributed by atoms with Gasteiger partial charge in [-0.25, -0.2) is 0 Å². The van der Waals surface area contributed by atoms with Crippen molar-refractivity contribution >= 4 is 0 Å². The van der Waals surface area contributed by atoms with E-state index in [2.05, 4.69) is 23.2 Å². The second-order valence-electron chi connectivity index (χ2n) is 3.29. The topological polar surface area (TPSA) is 39.1 Å². The number of piperazine rings is 1. The molecule has 1 fully saturated rings. The Labute approximate surface area is 74.4 Å². The van der Waals surface area contributed by atoms with E-state index in [-0.39, 0.29) is 6.04 Å². The number of rotatable bonds is 3. The normalized spacial score (nSPS) is 25.2. The maximum absolute atomic E-state index is 8.70. The highest BCUT2D eigenvalue weighted by Crippen LogP contribution is 2.00. The highest BCUT2D eigenvalue weighted by molar-refractivity contribution is 4.94. The molecular formula is C9H17N3. The van der Waals surface area contributed by atoms with Crippen LogP contribution in [0.2, 0.25) is 0 Å². The van der Waals surface area contributed by atoms with Crippen LogP contribution in [0.15, 0.2) is 0 Å². The average molecular weight is 167 g/mol. The summed E-state index contributed by atoms with van der Waals surface area (Å²) in [5, 5.41) is 11.9. The van der Waals surface area contributed by atoms with E-state index in [0.29, 0.717) is 0 Å². The predicted octanol–water partition coefficient (Wildman–Crippen LogP) is 0.584. The molecule has 1 unspecified atom stereocenters. The van der Waals surface area contributed by atoms with Crippen LogP contribution >= 0.6 is 0 Å². The molecule has 1 atom stereocenters. The third kappa shape index (κ3) is 2.80. The fraction of sp³-hybridized carbons (Fsp3) is 0.889. The fourth-order valence-electron chi connectivity index (χ4n) is 1.48. The van der Waals surface area contributed by atoms with E-state index in [1.807, 2.05) is 0 Å². The quantitative estimate of drug-likeness (QED) is 0.668. The van der Waals surface area contributed by atoms with Gasteiger partial charge in [0.1, 0.15) is 6.04 Å². The third-order valence-electron chi connectivity index (χ3n) is 2.24. The van der Waals surface area contributed by atoms with Crippen molar-refractivity contribution in [3.8, 4) is 6.07 Å². The Bertz CT molecular complexity index is 162. The predicted molar refractivity (Wildman–Crippen MR) is 48.8 cm³/mol. The van der Waals surface area contributed by atoms with E-state index in [4.69, 9.17) is 5.26 Å². The minimum Gasteiger partial charge on any atom is -0.300 e. The number of nitrogens with one attached hydrogen (secondary N) is 1. The third-order valence-corrected chi connectivity index (χ3v) is 2.24. The van der Waals surface area contributed by atoms with Crippen LogP contribution in [-0.2, 0) is 0 Å². The fourth-order valence-corrected chi connectivity index (χ4v) is 1.48. The van der Waals surface area contributed by atoms with Crippen molar-refractivity contribution < 1.29 is 0 Å². The Morgan fingerprint density at radius 1 is 1.67 bits per heavy atom. The number of nitrogens with zero attached hydrogens (tertiary/aromatic N) is 2. The first-order chi connectivity index (χ1) is 5.86. The molecular weight excluding hydrogens is 150 g/mol. The Morgan fingerprint density at radius 2 is 2.50 bits per heavy atom. The first-order valence-electron chi connectivity index (χ1n) is 4.72. The lowest BCUT2D eigenvalue weighted by Gasteiger charge is -2.30. The van der Waals surface area contributed by atoms with Crippen LogP contribution in [0.25, 0.3) is 0 Å². The molecule has 0 aromatic carbocycles. The van der Waals surface area contributed by atoms with E-state index in [9.17, 15) is 0 Å². The molecule has 12 heavy (non-hydrogen) atoms. The monoisotopic (exact) mass is 167 g/mol. The molecule has 0 saturated carbocycles. The molecule has 1 heterocycles. The lowest BCUT2D eigenvalue weighted by molar-refractivity contribution is 0.217. The lowest BCUT2D eigenvalue weighted by Crippen LogP contribution is -2.50. The highest BCUT2D eigenvalue weighted by atomic mass is 15.2. The van der Waals surface area contributed by atoms with E-state index in [1.54, 1.807) is 0 Å². The van der Waals surface area contributed by atoms with Crippen molar-refractivity contribution in [2.24, 2.45) is 0 Å². The van der Waals surface area contributed by atoms with Gasteiger partial charge >= 0.3 is 0 Å². The summed E-state index contributed by atoms with van der Waals surface area (Å²) in [5.41, 5.74) is 0. The Morgan fingerprint density at radius 3 is 3.17 bits per heavy atom. The number of unbranched alkanes of at least 4 members (excludes halogenated alkanes) is 1. The van der Waals surface area contributed by atoms with Crippen LogP contribution in [0.4, 0.5) is 0 Å². The second kappa shape index (κ2) is 5.13. The van der Waals surface area contributed by atoms with Crippen molar-refractivity contribution in [3.63, 3.8) is 0 Å². The van der Waals surface area contributed by atoms with Gasteiger partial charge < -0.3 is 0 Å². The molecule has 0 bridgehead atoms. The SMILES string of the molecule is CCCCN1CCNC(C#N)C1. The molecule has 68 valence electrons. The van der Waals surface area contributed by atoms with Gasteiger partial charge in [-0.3, -0.25) is 10.2 Å². The summed E-state index contributed by atoms with van der Waals surface area (Å²) >= 11 is 0. The summed E-state index contributed by atoms with van der Waals surface area (Å²) in [5.74, 6) is 0. The van der Waals surface area contributed by atoms with Gasteiger partial charge in [0.15, 0.2) is 0 Å². The summed E-state index contributed by atoms with van der Waals surface area (Å²) < 4.78 is 0. The van der Waals surface area contributed by atoms with Crippen LogP contribution in [-0.4, -0.2) is 37.1 Å². The molecule has 3 nitrogen and oxygen atoms in total. The van der Waals surface area contributed by atoms with Crippen LogP contribution in [0, 0.1) is 11.3 Å². The van der Waals surface area contributed by atoms with Gasteiger partial charge in [0, 0.05) is 19.6 Å². The molecule has 0 radical (unpaired) electrons. The van der Waals surface area contributed by atoms with Gasteiger partial charge in [-0.1, -0.05) is 13.3 Å². The summed E-state index contributed by atoms with van der Waals surface area (Å²) in [6, 6.07) is 2.31. The standard InChI is InChI=1S/C9H17N3/c1-2-3-5-12-6-4-11-9(7-10)8-12/h9,11H,2-6,8H2,1H3. The minimum atomic E-state index is 0.0515.